The van der Waals surface area contributed by atoms with Gasteiger partial charge < -0.3 is 5.32 Å². The third-order valence-electron chi connectivity index (χ3n) is 8.33. The fourth-order valence-electron chi connectivity index (χ4n) is 5.66. The van der Waals surface area contributed by atoms with E-state index in [-0.39, 0.29) is 0 Å². The Morgan fingerprint density at radius 2 is 0.590 bits per heavy atom. The van der Waals surface area contributed by atoms with Crippen molar-refractivity contribution in [1.82, 2.24) is 0 Å². The van der Waals surface area contributed by atoms with E-state index in [9.17, 15) is 0 Å². The van der Waals surface area contributed by atoms with Crippen LogP contribution in [0.3, 0.4) is 0 Å². The number of rotatable bonds is 26. The predicted octanol–water partition coefficient (Wildman–Crippen LogP) is 13.1. The summed E-state index contributed by atoms with van der Waals surface area (Å²) in [6.07, 6.45) is 33.5. The van der Waals surface area contributed by atoms with E-state index in [1.54, 1.807) is 0 Å². The SMILES string of the molecule is CCCCCCCCCCCCCc1ccc(Nc2ccc(CCCCCCCCCCCCC)cc2)cc1. The van der Waals surface area contributed by atoms with E-state index >= 15 is 0 Å². The summed E-state index contributed by atoms with van der Waals surface area (Å²) in [5.74, 6) is 0. The molecule has 0 aliphatic heterocycles. The Bertz CT molecular complexity index is 708. The molecular weight excluding hydrogens is 470 g/mol. The van der Waals surface area contributed by atoms with Gasteiger partial charge in [0.15, 0.2) is 0 Å². The van der Waals surface area contributed by atoms with Gasteiger partial charge in [0, 0.05) is 11.4 Å². The first kappa shape index (κ1) is 33.4. The van der Waals surface area contributed by atoms with Crippen LogP contribution in [0.15, 0.2) is 48.5 Å². The van der Waals surface area contributed by atoms with E-state index in [0.717, 1.165) is 0 Å². The Morgan fingerprint density at radius 3 is 0.872 bits per heavy atom. The minimum atomic E-state index is 1.19. The topological polar surface area (TPSA) is 12.0 Å². The first-order valence-corrected chi connectivity index (χ1v) is 17.3. The molecule has 0 spiro atoms. The summed E-state index contributed by atoms with van der Waals surface area (Å²) >= 11 is 0. The van der Waals surface area contributed by atoms with Gasteiger partial charge in [-0.05, 0) is 61.1 Å². The second kappa shape index (κ2) is 24.1. The molecule has 1 heteroatoms. The molecule has 0 aliphatic carbocycles. The molecular formula is C38H63N. The van der Waals surface area contributed by atoms with Crippen molar-refractivity contribution in [2.75, 3.05) is 5.32 Å². The maximum absolute atomic E-state index is 3.58. The third-order valence-corrected chi connectivity index (χ3v) is 8.33. The van der Waals surface area contributed by atoms with Crippen LogP contribution in [0.4, 0.5) is 11.4 Å². The monoisotopic (exact) mass is 533 g/mol. The van der Waals surface area contributed by atoms with Crippen LogP contribution >= 0.6 is 0 Å². The van der Waals surface area contributed by atoms with Crippen LogP contribution < -0.4 is 5.32 Å². The standard InChI is InChI=1S/C38H63N/c1-3-5-7-9-11-13-15-17-19-21-23-25-35-27-31-37(32-28-35)39-38-33-29-36(30-34-38)26-24-22-20-18-16-14-12-10-8-6-4-2/h27-34,39H,3-26H2,1-2H3. The average molecular weight is 534 g/mol. The van der Waals surface area contributed by atoms with Crippen molar-refractivity contribution in [3.8, 4) is 0 Å². The van der Waals surface area contributed by atoms with E-state index in [2.05, 4.69) is 67.7 Å². The summed E-state index contributed by atoms with van der Waals surface area (Å²) in [6, 6.07) is 18.2. The maximum atomic E-state index is 3.58. The number of hydrogen-bond acceptors (Lipinski definition) is 1. The molecule has 0 amide bonds. The highest BCUT2D eigenvalue weighted by molar-refractivity contribution is 5.60. The largest absolute Gasteiger partial charge is 0.356 e. The van der Waals surface area contributed by atoms with Gasteiger partial charge in [-0.15, -0.1) is 0 Å². The zero-order chi connectivity index (χ0) is 27.6. The lowest BCUT2D eigenvalue weighted by Gasteiger charge is -2.09. The Balaban J connectivity index is 1.48. The second-order valence-electron chi connectivity index (χ2n) is 12.1. The van der Waals surface area contributed by atoms with Crippen molar-refractivity contribution in [1.29, 1.82) is 0 Å². The summed E-state index contributed by atoms with van der Waals surface area (Å²) in [4.78, 5) is 0. The predicted molar refractivity (Wildman–Crippen MR) is 176 cm³/mol. The molecule has 0 saturated carbocycles. The molecule has 1 nitrogen and oxygen atoms in total. The van der Waals surface area contributed by atoms with Crippen LogP contribution in [-0.2, 0) is 12.8 Å². The fraction of sp³-hybridized carbons (Fsp3) is 0.684. The van der Waals surface area contributed by atoms with Crippen molar-refractivity contribution >= 4 is 11.4 Å². The molecule has 39 heavy (non-hydrogen) atoms. The zero-order valence-electron chi connectivity index (χ0n) is 26.1. The second-order valence-corrected chi connectivity index (χ2v) is 12.1. The lowest BCUT2D eigenvalue weighted by atomic mass is 10.0. The normalized spacial score (nSPS) is 11.2. The molecule has 0 radical (unpaired) electrons. The Hall–Kier alpha value is -1.76. The summed E-state index contributed by atoms with van der Waals surface area (Å²) in [5.41, 5.74) is 5.32. The van der Waals surface area contributed by atoms with Crippen molar-refractivity contribution in [3.05, 3.63) is 59.7 Å². The summed E-state index contributed by atoms with van der Waals surface area (Å²) in [7, 11) is 0. The number of benzene rings is 2. The third kappa shape index (κ3) is 18.3. The number of unbranched alkanes of at least 4 members (excludes halogenated alkanes) is 20. The zero-order valence-corrected chi connectivity index (χ0v) is 26.1. The molecule has 220 valence electrons. The number of anilines is 2. The van der Waals surface area contributed by atoms with Gasteiger partial charge in [0.1, 0.15) is 0 Å². The Morgan fingerprint density at radius 1 is 0.333 bits per heavy atom. The number of aryl methyl sites for hydroxylation is 2. The first-order valence-electron chi connectivity index (χ1n) is 17.3. The average Bonchev–Trinajstić information content (AvgIpc) is 2.96. The molecule has 0 aromatic heterocycles. The number of nitrogens with one attached hydrogen (secondary N) is 1. The van der Waals surface area contributed by atoms with Crippen molar-refractivity contribution in [3.63, 3.8) is 0 Å². The smallest absolute Gasteiger partial charge is 0.0384 e. The molecule has 1 N–H and O–H groups in total. The van der Waals surface area contributed by atoms with Crippen molar-refractivity contribution < 1.29 is 0 Å². The molecule has 2 aromatic rings. The Labute approximate surface area is 244 Å². The van der Waals surface area contributed by atoms with E-state index in [0.29, 0.717) is 0 Å². The van der Waals surface area contributed by atoms with Crippen LogP contribution in [0.5, 0.6) is 0 Å². The Kier molecular flexibility index (Phi) is 20.6. The van der Waals surface area contributed by atoms with Crippen LogP contribution in [0, 0.1) is 0 Å². The van der Waals surface area contributed by atoms with Gasteiger partial charge in [-0.1, -0.05) is 167 Å². The quantitative estimate of drug-likeness (QED) is 0.119. The van der Waals surface area contributed by atoms with Crippen LogP contribution in [0.2, 0.25) is 0 Å². The van der Waals surface area contributed by atoms with Crippen LogP contribution in [0.1, 0.15) is 166 Å². The van der Waals surface area contributed by atoms with E-state index in [1.807, 2.05) is 0 Å². The highest BCUT2D eigenvalue weighted by Crippen LogP contribution is 2.20. The van der Waals surface area contributed by atoms with E-state index < -0.39 is 0 Å². The molecule has 0 aliphatic rings. The summed E-state index contributed by atoms with van der Waals surface area (Å²) in [5, 5.41) is 3.58. The van der Waals surface area contributed by atoms with Crippen LogP contribution in [-0.4, -0.2) is 0 Å². The van der Waals surface area contributed by atoms with Crippen LogP contribution in [0.25, 0.3) is 0 Å². The highest BCUT2D eigenvalue weighted by atomic mass is 14.9. The molecule has 2 aromatic carbocycles. The molecule has 0 heterocycles. The van der Waals surface area contributed by atoms with Gasteiger partial charge in [0.05, 0.1) is 0 Å². The lowest BCUT2D eigenvalue weighted by Crippen LogP contribution is -1.93. The van der Waals surface area contributed by atoms with Gasteiger partial charge in [-0.3, -0.25) is 0 Å². The maximum Gasteiger partial charge on any atom is 0.0384 e. The van der Waals surface area contributed by atoms with Crippen molar-refractivity contribution in [2.24, 2.45) is 0 Å². The molecule has 0 saturated heterocycles. The molecule has 0 fully saturated rings. The van der Waals surface area contributed by atoms with Gasteiger partial charge in [-0.25, -0.2) is 0 Å². The van der Waals surface area contributed by atoms with Gasteiger partial charge in [-0.2, -0.15) is 0 Å². The number of hydrogen-bond donors (Lipinski definition) is 1. The highest BCUT2D eigenvalue weighted by Gasteiger charge is 2.00. The molecule has 0 atom stereocenters. The fourth-order valence-corrected chi connectivity index (χ4v) is 5.66. The van der Waals surface area contributed by atoms with Crippen molar-refractivity contribution in [2.45, 2.75) is 168 Å². The summed E-state index contributed by atoms with van der Waals surface area (Å²) < 4.78 is 0. The summed E-state index contributed by atoms with van der Waals surface area (Å²) in [6.45, 7) is 4.59. The molecule has 0 unspecified atom stereocenters. The molecule has 0 bridgehead atoms. The lowest BCUT2D eigenvalue weighted by molar-refractivity contribution is 0.549. The van der Waals surface area contributed by atoms with Gasteiger partial charge in [0.2, 0.25) is 0 Å². The van der Waals surface area contributed by atoms with Gasteiger partial charge >= 0.3 is 0 Å². The minimum Gasteiger partial charge on any atom is -0.356 e. The first-order chi connectivity index (χ1) is 19.3. The van der Waals surface area contributed by atoms with Gasteiger partial charge in [0.25, 0.3) is 0 Å². The van der Waals surface area contributed by atoms with E-state index in [4.69, 9.17) is 0 Å². The minimum absolute atomic E-state index is 1.19. The van der Waals surface area contributed by atoms with E-state index in [1.165, 1.54) is 177 Å². The molecule has 2 rings (SSSR count).